The molecule has 2 aromatic carbocycles. The van der Waals surface area contributed by atoms with E-state index in [0.717, 1.165) is 37.2 Å². The zero-order valence-electron chi connectivity index (χ0n) is 16.1. The molecule has 0 radical (unpaired) electrons. The normalized spacial score (nSPS) is 13.4. The molecule has 0 atom stereocenters. The molecule has 1 saturated heterocycles. The van der Waals surface area contributed by atoms with Gasteiger partial charge in [-0.05, 0) is 61.7 Å². The van der Waals surface area contributed by atoms with Gasteiger partial charge in [0, 0.05) is 49.8 Å². The van der Waals surface area contributed by atoms with Crippen LogP contribution < -0.4 is 15.5 Å². The highest BCUT2D eigenvalue weighted by Crippen LogP contribution is 2.21. The summed E-state index contributed by atoms with van der Waals surface area (Å²) < 4.78 is 0. The van der Waals surface area contributed by atoms with Crippen LogP contribution in [0.5, 0.6) is 0 Å². The zero-order valence-corrected chi connectivity index (χ0v) is 16.1. The lowest BCUT2D eigenvalue weighted by molar-refractivity contribution is 0.102. The lowest BCUT2D eigenvalue weighted by atomic mass is 10.1. The molecular formula is C21H26N4O2. The topological polar surface area (TPSA) is 64.7 Å². The van der Waals surface area contributed by atoms with Crippen LogP contribution in [0.15, 0.2) is 42.5 Å². The minimum absolute atomic E-state index is 0.0918. The number of urea groups is 1. The first kappa shape index (κ1) is 18.8. The van der Waals surface area contributed by atoms with E-state index in [2.05, 4.69) is 10.6 Å². The largest absolute Gasteiger partial charge is 0.377 e. The van der Waals surface area contributed by atoms with Crippen molar-refractivity contribution in [3.63, 3.8) is 0 Å². The van der Waals surface area contributed by atoms with Gasteiger partial charge in [0.25, 0.3) is 5.91 Å². The molecule has 3 rings (SSSR count). The first-order valence-electron chi connectivity index (χ1n) is 9.19. The Labute approximate surface area is 160 Å². The number of anilines is 3. The molecule has 1 heterocycles. The first-order valence-corrected chi connectivity index (χ1v) is 9.19. The fourth-order valence-electron chi connectivity index (χ4n) is 3.30. The van der Waals surface area contributed by atoms with E-state index in [1.54, 1.807) is 11.0 Å². The Morgan fingerprint density at radius 2 is 1.63 bits per heavy atom. The molecular weight excluding hydrogens is 340 g/mol. The molecule has 27 heavy (non-hydrogen) atoms. The fourth-order valence-corrected chi connectivity index (χ4v) is 3.30. The average Bonchev–Trinajstić information content (AvgIpc) is 3.16. The maximum atomic E-state index is 12.6. The number of amides is 3. The van der Waals surface area contributed by atoms with Crippen molar-refractivity contribution in [1.29, 1.82) is 0 Å². The van der Waals surface area contributed by atoms with Gasteiger partial charge >= 0.3 is 6.03 Å². The second-order valence-corrected chi connectivity index (χ2v) is 7.05. The smallest absolute Gasteiger partial charge is 0.321 e. The maximum absolute atomic E-state index is 12.6. The molecule has 142 valence electrons. The highest BCUT2D eigenvalue weighted by atomic mass is 16.2. The lowest BCUT2D eigenvalue weighted by Crippen LogP contribution is -2.32. The van der Waals surface area contributed by atoms with Gasteiger partial charge in [-0.25, -0.2) is 4.79 Å². The van der Waals surface area contributed by atoms with Crippen molar-refractivity contribution >= 4 is 29.0 Å². The van der Waals surface area contributed by atoms with Crippen molar-refractivity contribution < 1.29 is 9.59 Å². The zero-order chi connectivity index (χ0) is 19.4. The molecule has 3 amide bonds. The van der Waals surface area contributed by atoms with Gasteiger partial charge in [0.2, 0.25) is 0 Å². The van der Waals surface area contributed by atoms with E-state index in [0.29, 0.717) is 16.9 Å². The minimum Gasteiger partial charge on any atom is -0.377 e. The maximum Gasteiger partial charge on any atom is 0.321 e. The van der Waals surface area contributed by atoms with Crippen molar-refractivity contribution in [2.75, 3.05) is 42.7 Å². The second kappa shape index (κ2) is 8.12. The summed E-state index contributed by atoms with van der Waals surface area (Å²) in [4.78, 5) is 28.6. The predicted octanol–water partition coefficient (Wildman–Crippen LogP) is 3.94. The third kappa shape index (κ3) is 4.58. The Bertz CT molecular complexity index is 842. The summed E-state index contributed by atoms with van der Waals surface area (Å²) in [5.74, 6) is -0.175. The number of nitrogens with zero attached hydrogens (tertiary/aromatic N) is 2. The van der Waals surface area contributed by atoms with Crippen LogP contribution in [0.25, 0.3) is 0 Å². The SMILES string of the molecule is Cc1cc(C(=O)Nc2cccc(NC(=O)N3CCCC3)c2)ccc1N(C)C. The van der Waals surface area contributed by atoms with Crippen LogP contribution in [-0.4, -0.2) is 44.0 Å². The standard InChI is InChI=1S/C21H26N4O2/c1-15-13-16(9-10-19(15)24(2)3)20(26)22-17-7-6-8-18(14-17)23-21(27)25-11-4-5-12-25/h6-10,13-14H,4-5,11-12H2,1-3H3,(H,22,26)(H,23,27). The molecule has 2 N–H and O–H groups in total. The molecule has 0 bridgehead atoms. The van der Waals surface area contributed by atoms with Crippen LogP contribution in [0.1, 0.15) is 28.8 Å². The predicted molar refractivity (Wildman–Crippen MR) is 110 cm³/mol. The van der Waals surface area contributed by atoms with Crippen LogP contribution in [0.2, 0.25) is 0 Å². The monoisotopic (exact) mass is 366 g/mol. The van der Waals surface area contributed by atoms with Gasteiger partial charge in [-0.3, -0.25) is 4.79 Å². The van der Waals surface area contributed by atoms with Gasteiger partial charge < -0.3 is 20.4 Å². The van der Waals surface area contributed by atoms with Gasteiger partial charge in [0.05, 0.1) is 0 Å². The summed E-state index contributed by atoms with van der Waals surface area (Å²) in [6.45, 7) is 3.58. The summed E-state index contributed by atoms with van der Waals surface area (Å²) in [7, 11) is 3.95. The number of benzene rings is 2. The van der Waals surface area contributed by atoms with Crippen molar-refractivity contribution in [2.24, 2.45) is 0 Å². The van der Waals surface area contributed by atoms with E-state index in [1.165, 1.54) is 0 Å². The van der Waals surface area contributed by atoms with Crippen LogP contribution in [-0.2, 0) is 0 Å². The second-order valence-electron chi connectivity index (χ2n) is 7.05. The highest BCUT2D eigenvalue weighted by Gasteiger charge is 2.18. The number of aryl methyl sites for hydroxylation is 1. The van der Waals surface area contributed by atoms with Crippen LogP contribution in [0.4, 0.5) is 21.9 Å². The van der Waals surface area contributed by atoms with E-state index in [4.69, 9.17) is 0 Å². The third-order valence-corrected chi connectivity index (χ3v) is 4.71. The Balaban J connectivity index is 1.67. The Morgan fingerprint density at radius 1 is 0.963 bits per heavy atom. The third-order valence-electron chi connectivity index (χ3n) is 4.71. The van der Waals surface area contributed by atoms with Crippen LogP contribution >= 0.6 is 0 Å². The molecule has 0 spiro atoms. The van der Waals surface area contributed by atoms with Gasteiger partial charge in [-0.15, -0.1) is 0 Å². The minimum atomic E-state index is -0.175. The molecule has 0 saturated carbocycles. The molecule has 6 nitrogen and oxygen atoms in total. The molecule has 1 aliphatic heterocycles. The highest BCUT2D eigenvalue weighted by molar-refractivity contribution is 6.05. The van der Waals surface area contributed by atoms with E-state index in [-0.39, 0.29) is 11.9 Å². The molecule has 6 heteroatoms. The summed E-state index contributed by atoms with van der Waals surface area (Å²) in [6.07, 6.45) is 2.10. The average molecular weight is 366 g/mol. The first-order chi connectivity index (χ1) is 12.9. The van der Waals surface area contributed by atoms with E-state index in [1.807, 2.05) is 62.3 Å². The van der Waals surface area contributed by atoms with Crippen molar-refractivity contribution in [3.05, 3.63) is 53.6 Å². The summed E-state index contributed by atoms with van der Waals surface area (Å²) in [5, 5.41) is 5.80. The molecule has 1 fully saturated rings. The molecule has 0 aromatic heterocycles. The van der Waals surface area contributed by atoms with Gasteiger partial charge in [0.15, 0.2) is 0 Å². The van der Waals surface area contributed by atoms with E-state index in [9.17, 15) is 9.59 Å². The Kier molecular flexibility index (Phi) is 5.64. The van der Waals surface area contributed by atoms with Crippen LogP contribution in [0, 0.1) is 6.92 Å². The number of hydrogen-bond donors (Lipinski definition) is 2. The van der Waals surface area contributed by atoms with Gasteiger partial charge in [-0.1, -0.05) is 6.07 Å². The number of carbonyl (C=O) groups is 2. The van der Waals surface area contributed by atoms with E-state index < -0.39 is 0 Å². The number of hydrogen-bond acceptors (Lipinski definition) is 3. The molecule has 0 aliphatic carbocycles. The molecule has 1 aliphatic rings. The quantitative estimate of drug-likeness (QED) is 0.861. The van der Waals surface area contributed by atoms with Crippen molar-refractivity contribution in [1.82, 2.24) is 4.90 Å². The Hall–Kier alpha value is -3.02. The number of carbonyl (C=O) groups excluding carboxylic acids is 2. The fraction of sp³-hybridized carbons (Fsp3) is 0.333. The van der Waals surface area contributed by atoms with Crippen molar-refractivity contribution in [2.45, 2.75) is 19.8 Å². The van der Waals surface area contributed by atoms with E-state index >= 15 is 0 Å². The molecule has 2 aromatic rings. The molecule has 0 unspecified atom stereocenters. The van der Waals surface area contributed by atoms with Gasteiger partial charge in [0.1, 0.15) is 0 Å². The Morgan fingerprint density at radius 3 is 2.26 bits per heavy atom. The number of nitrogens with one attached hydrogen (secondary N) is 2. The summed E-state index contributed by atoms with van der Waals surface area (Å²) in [6, 6.07) is 12.8. The number of likely N-dealkylation sites (tertiary alicyclic amines) is 1. The summed E-state index contributed by atoms with van der Waals surface area (Å²) in [5.41, 5.74) is 4.04. The van der Waals surface area contributed by atoms with Crippen LogP contribution in [0.3, 0.4) is 0 Å². The van der Waals surface area contributed by atoms with Crippen molar-refractivity contribution in [3.8, 4) is 0 Å². The summed E-state index contributed by atoms with van der Waals surface area (Å²) >= 11 is 0. The van der Waals surface area contributed by atoms with Gasteiger partial charge in [-0.2, -0.15) is 0 Å². The number of rotatable bonds is 4. The lowest BCUT2D eigenvalue weighted by Gasteiger charge is -2.17.